The standard InChI is InChI=1S/C24H26N4O4/c1-27(22-17-4-2-3-5-18(17)25-11-20(22)29)12-14-6-7-16-15(10-14)13-28(24(16)32)19-8-9-21(30)26-23(19)31/h2-7,10,19-20,22,25,29H,8-9,11-13H2,1H3,(H,26,30,31)/t19?,20-,22-/m0/s1. The van der Waals surface area contributed by atoms with Crippen molar-refractivity contribution in [1.82, 2.24) is 15.1 Å². The average molecular weight is 434 g/mol. The van der Waals surface area contributed by atoms with Gasteiger partial charge in [0.15, 0.2) is 0 Å². The highest BCUT2D eigenvalue weighted by Gasteiger charge is 2.39. The van der Waals surface area contributed by atoms with Crippen LogP contribution in [-0.2, 0) is 22.7 Å². The number of aliphatic hydroxyl groups is 1. The number of benzene rings is 2. The minimum Gasteiger partial charge on any atom is -0.389 e. The van der Waals surface area contributed by atoms with Crippen LogP contribution < -0.4 is 10.6 Å². The van der Waals surface area contributed by atoms with E-state index in [1.807, 2.05) is 49.5 Å². The molecular formula is C24H26N4O4. The molecule has 32 heavy (non-hydrogen) atoms. The summed E-state index contributed by atoms with van der Waals surface area (Å²) in [5.41, 5.74) is 4.63. The summed E-state index contributed by atoms with van der Waals surface area (Å²) in [7, 11) is 1.99. The normalized spacial score (nSPS) is 24.8. The highest BCUT2D eigenvalue weighted by molar-refractivity contribution is 6.05. The quantitative estimate of drug-likeness (QED) is 0.629. The van der Waals surface area contributed by atoms with Crippen LogP contribution in [0.4, 0.5) is 5.69 Å². The minimum absolute atomic E-state index is 0.137. The van der Waals surface area contributed by atoms with E-state index in [4.69, 9.17) is 0 Å². The number of fused-ring (bicyclic) bond motifs is 2. The highest BCUT2D eigenvalue weighted by atomic mass is 16.3. The van der Waals surface area contributed by atoms with Gasteiger partial charge in [0.25, 0.3) is 5.91 Å². The molecule has 0 bridgehead atoms. The predicted octanol–water partition coefficient (Wildman–Crippen LogP) is 1.41. The molecule has 0 aromatic heterocycles. The third-order valence-electron chi connectivity index (χ3n) is 6.64. The summed E-state index contributed by atoms with van der Waals surface area (Å²) < 4.78 is 0. The first kappa shape index (κ1) is 20.7. The smallest absolute Gasteiger partial charge is 0.255 e. The van der Waals surface area contributed by atoms with Crippen molar-refractivity contribution in [2.75, 3.05) is 18.9 Å². The number of anilines is 1. The van der Waals surface area contributed by atoms with Crippen molar-refractivity contribution in [2.24, 2.45) is 0 Å². The number of likely N-dealkylation sites (N-methyl/N-ethyl adjacent to an activating group) is 1. The van der Waals surface area contributed by atoms with Crippen LogP contribution in [0.5, 0.6) is 0 Å². The van der Waals surface area contributed by atoms with Gasteiger partial charge in [-0.05, 0) is 42.3 Å². The monoisotopic (exact) mass is 434 g/mol. The molecule has 1 unspecified atom stereocenters. The number of aliphatic hydroxyl groups excluding tert-OH is 1. The number of imide groups is 1. The average Bonchev–Trinajstić information content (AvgIpc) is 3.09. The molecule has 8 heteroatoms. The van der Waals surface area contributed by atoms with E-state index in [0.29, 0.717) is 31.6 Å². The predicted molar refractivity (Wildman–Crippen MR) is 118 cm³/mol. The molecule has 2 aromatic carbocycles. The Morgan fingerprint density at radius 2 is 1.97 bits per heavy atom. The third-order valence-corrected chi connectivity index (χ3v) is 6.64. The Balaban J connectivity index is 1.34. The van der Waals surface area contributed by atoms with Crippen LogP contribution in [0.3, 0.4) is 0 Å². The number of carbonyl (C=O) groups is 3. The van der Waals surface area contributed by atoms with Crippen LogP contribution in [0.2, 0.25) is 0 Å². The Kier molecular flexibility index (Phi) is 5.19. The molecule has 0 spiro atoms. The molecule has 3 aliphatic heterocycles. The zero-order valence-electron chi connectivity index (χ0n) is 17.9. The van der Waals surface area contributed by atoms with Crippen molar-refractivity contribution >= 4 is 23.4 Å². The summed E-state index contributed by atoms with van der Waals surface area (Å²) in [4.78, 5) is 40.3. The molecule has 5 rings (SSSR count). The Bertz CT molecular complexity index is 1100. The van der Waals surface area contributed by atoms with Crippen molar-refractivity contribution in [3.63, 3.8) is 0 Å². The van der Waals surface area contributed by atoms with E-state index >= 15 is 0 Å². The fourth-order valence-electron chi connectivity index (χ4n) is 5.09. The molecular weight excluding hydrogens is 408 g/mol. The zero-order valence-corrected chi connectivity index (χ0v) is 17.9. The van der Waals surface area contributed by atoms with Crippen LogP contribution in [0.15, 0.2) is 42.5 Å². The molecule has 166 valence electrons. The summed E-state index contributed by atoms with van der Waals surface area (Å²) in [6.45, 7) is 1.46. The third kappa shape index (κ3) is 3.55. The van der Waals surface area contributed by atoms with Crippen molar-refractivity contribution in [3.05, 3.63) is 64.7 Å². The van der Waals surface area contributed by atoms with Gasteiger partial charge in [-0.1, -0.05) is 30.3 Å². The topological polar surface area (TPSA) is 102 Å². The van der Waals surface area contributed by atoms with Gasteiger partial charge in [-0.2, -0.15) is 0 Å². The molecule has 3 amide bonds. The van der Waals surface area contributed by atoms with E-state index in [9.17, 15) is 19.5 Å². The van der Waals surface area contributed by atoms with Gasteiger partial charge >= 0.3 is 0 Å². The summed E-state index contributed by atoms with van der Waals surface area (Å²) in [6.07, 6.45) is 0.0634. The molecule has 0 radical (unpaired) electrons. The molecule has 1 fully saturated rings. The van der Waals surface area contributed by atoms with Crippen molar-refractivity contribution in [2.45, 2.75) is 44.1 Å². The van der Waals surface area contributed by atoms with Gasteiger partial charge in [0, 0.05) is 37.3 Å². The second kappa shape index (κ2) is 8.03. The van der Waals surface area contributed by atoms with E-state index in [-0.39, 0.29) is 24.3 Å². The molecule has 2 aromatic rings. The number of carbonyl (C=O) groups excluding carboxylic acids is 3. The Morgan fingerprint density at radius 1 is 1.16 bits per heavy atom. The molecule has 1 saturated heterocycles. The van der Waals surface area contributed by atoms with Crippen LogP contribution in [0, 0.1) is 0 Å². The first-order chi connectivity index (χ1) is 15.4. The number of β-amino-alcohol motifs (C(OH)–C–C–N with tert-alkyl or cyclic N) is 1. The van der Waals surface area contributed by atoms with E-state index in [1.54, 1.807) is 4.90 Å². The Labute approximate surface area is 186 Å². The largest absolute Gasteiger partial charge is 0.389 e. The Morgan fingerprint density at radius 3 is 2.78 bits per heavy atom. The number of piperidine rings is 1. The molecule has 3 N–H and O–H groups in total. The number of nitrogens with one attached hydrogen (secondary N) is 2. The lowest BCUT2D eigenvalue weighted by atomic mass is 9.94. The molecule has 0 aliphatic carbocycles. The van der Waals surface area contributed by atoms with Crippen LogP contribution in [0.25, 0.3) is 0 Å². The second-order valence-corrected chi connectivity index (χ2v) is 8.79. The van der Waals surface area contributed by atoms with Crippen molar-refractivity contribution < 1.29 is 19.5 Å². The van der Waals surface area contributed by atoms with Crippen LogP contribution in [0.1, 0.15) is 45.9 Å². The maximum Gasteiger partial charge on any atom is 0.255 e. The fourth-order valence-corrected chi connectivity index (χ4v) is 5.09. The lowest BCUT2D eigenvalue weighted by Gasteiger charge is -2.37. The van der Waals surface area contributed by atoms with Crippen LogP contribution >= 0.6 is 0 Å². The fraction of sp³-hybridized carbons (Fsp3) is 0.375. The van der Waals surface area contributed by atoms with Gasteiger partial charge in [0.1, 0.15) is 6.04 Å². The number of hydrogen-bond donors (Lipinski definition) is 3. The van der Waals surface area contributed by atoms with E-state index in [2.05, 4.69) is 15.5 Å². The van der Waals surface area contributed by atoms with Gasteiger partial charge < -0.3 is 15.3 Å². The summed E-state index contributed by atoms with van der Waals surface area (Å²) in [5, 5.41) is 16.3. The first-order valence-electron chi connectivity index (χ1n) is 10.9. The SMILES string of the molecule is CN(Cc1ccc2c(c1)CN(C1CCC(=O)NC1=O)C2=O)[C@H]1c2ccccc2NC[C@@H]1O. The highest BCUT2D eigenvalue weighted by Crippen LogP contribution is 2.35. The molecule has 3 atom stereocenters. The van der Waals surface area contributed by atoms with Crippen molar-refractivity contribution in [3.8, 4) is 0 Å². The summed E-state index contributed by atoms with van der Waals surface area (Å²) >= 11 is 0. The van der Waals surface area contributed by atoms with Gasteiger partial charge in [-0.15, -0.1) is 0 Å². The number of nitrogens with zero attached hydrogens (tertiary/aromatic N) is 2. The maximum absolute atomic E-state index is 12.9. The molecule has 0 saturated carbocycles. The van der Waals surface area contributed by atoms with Gasteiger partial charge in [-0.3, -0.25) is 24.6 Å². The van der Waals surface area contributed by atoms with Crippen molar-refractivity contribution in [1.29, 1.82) is 0 Å². The van der Waals surface area contributed by atoms with E-state index < -0.39 is 18.1 Å². The Hall–Kier alpha value is -3.23. The number of rotatable bonds is 4. The van der Waals surface area contributed by atoms with E-state index in [0.717, 1.165) is 22.4 Å². The van der Waals surface area contributed by atoms with Gasteiger partial charge in [0.05, 0.1) is 12.1 Å². The van der Waals surface area contributed by atoms with Gasteiger partial charge in [-0.25, -0.2) is 0 Å². The summed E-state index contributed by atoms with van der Waals surface area (Å²) in [5.74, 6) is -0.861. The lowest BCUT2D eigenvalue weighted by Crippen LogP contribution is -2.52. The second-order valence-electron chi connectivity index (χ2n) is 8.79. The number of amides is 3. The number of para-hydroxylation sites is 1. The molecule has 8 nitrogen and oxygen atoms in total. The molecule has 3 heterocycles. The first-order valence-corrected chi connectivity index (χ1v) is 10.9. The van der Waals surface area contributed by atoms with Gasteiger partial charge in [0.2, 0.25) is 11.8 Å². The zero-order chi connectivity index (χ0) is 22.4. The minimum atomic E-state index is -0.611. The molecule has 3 aliphatic rings. The lowest BCUT2D eigenvalue weighted by molar-refractivity contribution is -0.136. The number of hydrogen-bond acceptors (Lipinski definition) is 6. The van der Waals surface area contributed by atoms with E-state index in [1.165, 1.54) is 0 Å². The maximum atomic E-state index is 12.9. The van der Waals surface area contributed by atoms with Crippen LogP contribution in [-0.4, -0.2) is 58.4 Å². The summed E-state index contributed by atoms with van der Waals surface area (Å²) in [6, 6.07) is 13.0.